The molecule has 2 aromatic carbocycles. The van der Waals surface area contributed by atoms with Crippen molar-refractivity contribution in [2.24, 2.45) is 0 Å². The van der Waals surface area contributed by atoms with Crippen LogP contribution in [0.4, 0.5) is 0 Å². The zero-order valence-corrected chi connectivity index (χ0v) is 16.4. The Bertz CT molecular complexity index is 652. The Kier molecular flexibility index (Phi) is 9.23. The van der Waals surface area contributed by atoms with Gasteiger partial charge >= 0.3 is 0 Å². The molecule has 136 valence electrons. The van der Waals surface area contributed by atoms with Gasteiger partial charge in [0.1, 0.15) is 0 Å². The number of halogens is 2. The molecule has 1 N–H and O–H groups in total. The highest BCUT2D eigenvalue weighted by atomic mass is 35.5. The summed E-state index contributed by atoms with van der Waals surface area (Å²) >= 11 is 0. The van der Waals surface area contributed by atoms with Gasteiger partial charge in [0.2, 0.25) is 0 Å². The second kappa shape index (κ2) is 10.6. The van der Waals surface area contributed by atoms with E-state index in [9.17, 15) is 0 Å². The van der Waals surface area contributed by atoms with Gasteiger partial charge in [-0.05, 0) is 36.1 Å². The summed E-state index contributed by atoms with van der Waals surface area (Å²) in [6.07, 6.45) is 1.03. The number of nitrogens with zero attached hydrogens (tertiary/aromatic N) is 1. The predicted octanol–water partition coefficient (Wildman–Crippen LogP) is 5.11. The molecule has 0 radical (unpaired) electrons. The van der Waals surface area contributed by atoms with Gasteiger partial charge in [-0.3, -0.25) is 4.90 Å². The maximum absolute atomic E-state index is 4.15. The summed E-state index contributed by atoms with van der Waals surface area (Å²) in [6.45, 7) is 10.6. The zero-order valence-electron chi connectivity index (χ0n) is 14.8. The Labute approximate surface area is 164 Å². The molecule has 0 spiro atoms. The lowest BCUT2D eigenvalue weighted by molar-refractivity contribution is 0.172. The fourth-order valence-corrected chi connectivity index (χ4v) is 3.34. The average molecular weight is 379 g/mol. The maximum atomic E-state index is 4.15. The minimum Gasteiger partial charge on any atom is -0.314 e. The van der Waals surface area contributed by atoms with Crippen LogP contribution in [0.3, 0.4) is 0 Å². The molecule has 1 fully saturated rings. The Morgan fingerprint density at radius 2 is 1.64 bits per heavy atom. The molecule has 2 nitrogen and oxygen atoms in total. The molecule has 0 bridgehead atoms. The predicted molar refractivity (Wildman–Crippen MR) is 113 cm³/mol. The fourth-order valence-electron chi connectivity index (χ4n) is 3.34. The number of hydrogen-bond acceptors (Lipinski definition) is 2. The molecule has 25 heavy (non-hydrogen) atoms. The van der Waals surface area contributed by atoms with Crippen LogP contribution < -0.4 is 5.32 Å². The molecule has 0 aliphatic carbocycles. The molecule has 0 aromatic heterocycles. The molecule has 1 saturated heterocycles. The van der Waals surface area contributed by atoms with Gasteiger partial charge in [0.15, 0.2) is 0 Å². The minimum atomic E-state index is 0. The Balaban J connectivity index is 0.00000156. The summed E-state index contributed by atoms with van der Waals surface area (Å²) in [5.74, 6) is 0. The third-order valence-electron chi connectivity index (χ3n) is 4.51. The first-order chi connectivity index (χ1) is 11.2. The molecule has 0 saturated carbocycles. The molecule has 1 atom stereocenters. The second-order valence-electron chi connectivity index (χ2n) is 6.45. The molecule has 2 aromatic rings. The lowest BCUT2D eigenvalue weighted by atomic mass is 9.94. The quantitative estimate of drug-likeness (QED) is 0.727. The van der Waals surface area contributed by atoms with Gasteiger partial charge in [0, 0.05) is 32.2 Å². The standard InChI is InChI=1S/C21H26N2.2ClH/c1-17(2)15-21(23-13-11-22-12-14-23)20-10-6-9-19(16-20)18-7-4-3-5-8-18;;/h3-10,16,21-22H,1,11-15H2,2H3;2*1H/t21-;;/m0../s1. The first-order valence-corrected chi connectivity index (χ1v) is 8.48. The maximum Gasteiger partial charge on any atom is 0.0386 e. The Morgan fingerprint density at radius 3 is 2.28 bits per heavy atom. The number of nitrogens with one attached hydrogen (secondary N) is 1. The summed E-state index contributed by atoms with van der Waals surface area (Å²) in [7, 11) is 0. The van der Waals surface area contributed by atoms with Crippen LogP contribution in [0.15, 0.2) is 66.7 Å². The van der Waals surface area contributed by atoms with Crippen molar-refractivity contribution in [1.82, 2.24) is 10.2 Å². The third kappa shape index (κ3) is 5.86. The fraction of sp³-hybridized carbons (Fsp3) is 0.333. The van der Waals surface area contributed by atoms with Crippen LogP contribution in [0.2, 0.25) is 0 Å². The third-order valence-corrected chi connectivity index (χ3v) is 4.51. The molecule has 1 aliphatic heterocycles. The average Bonchev–Trinajstić information content (AvgIpc) is 2.61. The van der Waals surface area contributed by atoms with Crippen molar-refractivity contribution in [1.29, 1.82) is 0 Å². The van der Waals surface area contributed by atoms with Gasteiger partial charge in [-0.25, -0.2) is 0 Å². The summed E-state index contributed by atoms with van der Waals surface area (Å²) in [6, 6.07) is 20.1. The molecule has 4 heteroatoms. The Morgan fingerprint density at radius 1 is 1.00 bits per heavy atom. The van der Waals surface area contributed by atoms with E-state index in [-0.39, 0.29) is 24.8 Å². The van der Waals surface area contributed by atoms with Crippen molar-refractivity contribution in [3.8, 4) is 11.1 Å². The molecular formula is C21H28Cl2N2. The second-order valence-corrected chi connectivity index (χ2v) is 6.45. The van der Waals surface area contributed by atoms with Crippen molar-refractivity contribution < 1.29 is 0 Å². The van der Waals surface area contributed by atoms with Crippen LogP contribution in [-0.2, 0) is 0 Å². The van der Waals surface area contributed by atoms with E-state index in [0.717, 1.165) is 32.6 Å². The topological polar surface area (TPSA) is 15.3 Å². The molecule has 3 rings (SSSR count). The smallest absolute Gasteiger partial charge is 0.0386 e. The highest BCUT2D eigenvalue weighted by Gasteiger charge is 2.22. The van der Waals surface area contributed by atoms with E-state index in [2.05, 4.69) is 78.3 Å². The molecule has 1 aliphatic rings. The number of hydrogen-bond donors (Lipinski definition) is 1. The van der Waals surface area contributed by atoms with E-state index in [1.807, 2.05) is 0 Å². The van der Waals surface area contributed by atoms with Gasteiger partial charge in [-0.2, -0.15) is 0 Å². The van der Waals surface area contributed by atoms with E-state index in [1.165, 1.54) is 22.3 Å². The van der Waals surface area contributed by atoms with E-state index in [4.69, 9.17) is 0 Å². The van der Waals surface area contributed by atoms with E-state index in [1.54, 1.807) is 0 Å². The summed E-state index contributed by atoms with van der Waals surface area (Å²) in [4.78, 5) is 2.59. The molecule has 0 amide bonds. The largest absolute Gasteiger partial charge is 0.314 e. The zero-order chi connectivity index (χ0) is 16.1. The summed E-state index contributed by atoms with van der Waals surface area (Å²) in [5, 5.41) is 3.45. The number of rotatable bonds is 5. The molecule has 0 unspecified atom stereocenters. The van der Waals surface area contributed by atoms with Gasteiger partial charge in [0.25, 0.3) is 0 Å². The van der Waals surface area contributed by atoms with Crippen molar-refractivity contribution in [3.63, 3.8) is 0 Å². The van der Waals surface area contributed by atoms with Crippen LogP contribution in [-0.4, -0.2) is 31.1 Å². The van der Waals surface area contributed by atoms with Crippen molar-refractivity contribution >= 4 is 24.8 Å². The van der Waals surface area contributed by atoms with Crippen molar-refractivity contribution in [2.75, 3.05) is 26.2 Å². The lowest BCUT2D eigenvalue weighted by Gasteiger charge is -2.35. The van der Waals surface area contributed by atoms with E-state index < -0.39 is 0 Å². The summed E-state index contributed by atoms with van der Waals surface area (Å²) in [5.41, 5.74) is 5.23. The number of benzene rings is 2. The van der Waals surface area contributed by atoms with Gasteiger partial charge in [-0.1, -0.05) is 54.1 Å². The van der Waals surface area contributed by atoms with Gasteiger partial charge < -0.3 is 5.32 Å². The lowest BCUT2D eigenvalue weighted by Crippen LogP contribution is -2.45. The van der Waals surface area contributed by atoms with Crippen LogP contribution in [0.1, 0.15) is 24.9 Å². The first-order valence-electron chi connectivity index (χ1n) is 8.48. The first kappa shape index (κ1) is 21.7. The van der Waals surface area contributed by atoms with Crippen LogP contribution in [0.25, 0.3) is 11.1 Å². The van der Waals surface area contributed by atoms with Crippen molar-refractivity contribution in [3.05, 3.63) is 72.3 Å². The van der Waals surface area contributed by atoms with E-state index >= 15 is 0 Å². The Hall–Kier alpha value is -1.32. The number of piperazine rings is 1. The highest BCUT2D eigenvalue weighted by Crippen LogP contribution is 2.30. The van der Waals surface area contributed by atoms with Crippen molar-refractivity contribution in [2.45, 2.75) is 19.4 Å². The van der Waals surface area contributed by atoms with Gasteiger partial charge in [-0.15, -0.1) is 31.4 Å². The van der Waals surface area contributed by atoms with Crippen LogP contribution >= 0.6 is 24.8 Å². The van der Waals surface area contributed by atoms with E-state index in [0.29, 0.717) is 6.04 Å². The van der Waals surface area contributed by atoms with Crippen LogP contribution in [0, 0.1) is 0 Å². The van der Waals surface area contributed by atoms with Crippen LogP contribution in [0.5, 0.6) is 0 Å². The SMILES string of the molecule is C=C(C)C[C@@H](c1cccc(-c2ccccc2)c1)N1CCNCC1.Cl.Cl. The normalized spacial score (nSPS) is 15.6. The monoisotopic (exact) mass is 378 g/mol. The molecule has 1 heterocycles. The minimum absolute atomic E-state index is 0. The molecular weight excluding hydrogens is 351 g/mol. The van der Waals surface area contributed by atoms with Gasteiger partial charge in [0.05, 0.1) is 0 Å². The summed E-state index contributed by atoms with van der Waals surface area (Å²) < 4.78 is 0. The highest BCUT2D eigenvalue weighted by molar-refractivity contribution is 5.85.